The molecule has 2 aromatic heterocycles. The molecule has 6 atom stereocenters. The summed E-state index contributed by atoms with van der Waals surface area (Å²) in [5.74, 6) is 0.896. The van der Waals surface area contributed by atoms with Gasteiger partial charge in [0.2, 0.25) is 5.91 Å². The number of aromatic amines is 1. The van der Waals surface area contributed by atoms with Crippen LogP contribution in [-0.2, 0) is 9.53 Å². The zero-order valence-corrected chi connectivity index (χ0v) is 15.7. The van der Waals surface area contributed by atoms with Crippen LogP contribution in [0.5, 0.6) is 0 Å². The molecule has 28 heavy (non-hydrogen) atoms. The Labute approximate surface area is 161 Å². The predicted molar refractivity (Wildman–Crippen MR) is 99.3 cm³/mol. The van der Waals surface area contributed by atoms with Crippen LogP contribution in [0.2, 0.25) is 0 Å². The third kappa shape index (κ3) is 3.53. The SMILES string of the molecule is Cc1nc2ncnc(N[C@H]3O[C@@H](C)[C@H](NC(=O)[C@H]4CCCN4)[C@@H](O)[C@@H]3O)c2[nH]1. The Kier molecular flexibility index (Phi) is 5.15. The Hall–Kier alpha value is -2.34. The summed E-state index contributed by atoms with van der Waals surface area (Å²) in [6.07, 6.45) is -0.861. The number of carbonyl (C=O) groups excluding carboxylic acids is 1. The van der Waals surface area contributed by atoms with Crippen molar-refractivity contribution in [1.29, 1.82) is 0 Å². The maximum atomic E-state index is 12.4. The van der Waals surface area contributed by atoms with Crippen molar-refractivity contribution in [3.63, 3.8) is 0 Å². The Morgan fingerprint density at radius 3 is 2.89 bits per heavy atom. The van der Waals surface area contributed by atoms with Gasteiger partial charge in [-0.25, -0.2) is 15.0 Å². The molecule has 0 aliphatic carbocycles. The number of aliphatic hydroxyl groups is 2. The lowest BCUT2D eigenvalue weighted by atomic mass is 9.95. The zero-order valence-electron chi connectivity index (χ0n) is 15.7. The maximum Gasteiger partial charge on any atom is 0.237 e. The molecular weight excluding hydrogens is 366 g/mol. The number of H-pyrrole nitrogens is 1. The van der Waals surface area contributed by atoms with Crippen LogP contribution >= 0.6 is 0 Å². The third-order valence-electron chi connectivity index (χ3n) is 5.27. The predicted octanol–water partition coefficient (Wildman–Crippen LogP) is -1.22. The Bertz CT molecular complexity index is 853. The molecule has 6 N–H and O–H groups in total. The molecule has 2 saturated heterocycles. The minimum atomic E-state index is -1.27. The van der Waals surface area contributed by atoms with E-state index in [1.54, 1.807) is 13.8 Å². The Morgan fingerprint density at radius 2 is 2.14 bits per heavy atom. The highest BCUT2D eigenvalue weighted by molar-refractivity contribution is 5.83. The molecule has 0 saturated carbocycles. The summed E-state index contributed by atoms with van der Waals surface area (Å²) in [5, 5.41) is 30.1. The van der Waals surface area contributed by atoms with Crippen molar-refractivity contribution in [3.8, 4) is 0 Å². The summed E-state index contributed by atoms with van der Waals surface area (Å²) in [6, 6.07) is -0.993. The van der Waals surface area contributed by atoms with Crippen LogP contribution in [0.15, 0.2) is 6.33 Å². The van der Waals surface area contributed by atoms with Crippen molar-refractivity contribution in [2.24, 2.45) is 0 Å². The average Bonchev–Trinajstić information content (AvgIpc) is 3.32. The average molecular weight is 391 g/mol. The van der Waals surface area contributed by atoms with Gasteiger partial charge < -0.3 is 35.9 Å². The topological polar surface area (TPSA) is 157 Å². The molecule has 2 aliphatic heterocycles. The second kappa shape index (κ2) is 7.59. The van der Waals surface area contributed by atoms with Crippen LogP contribution in [0.4, 0.5) is 5.82 Å². The van der Waals surface area contributed by atoms with Crippen molar-refractivity contribution in [1.82, 2.24) is 30.6 Å². The number of hydrogen-bond donors (Lipinski definition) is 6. The Balaban J connectivity index is 1.46. The largest absolute Gasteiger partial charge is 0.388 e. The van der Waals surface area contributed by atoms with Crippen LogP contribution in [0.3, 0.4) is 0 Å². The number of nitrogens with zero attached hydrogens (tertiary/aromatic N) is 3. The lowest BCUT2D eigenvalue weighted by molar-refractivity contribution is -0.173. The minimum absolute atomic E-state index is 0.193. The van der Waals surface area contributed by atoms with Crippen molar-refractivity contribution < 1.29 is 19.7 Å². The lowest BCUT2D eigenvalue weighted by Gasteiger charge is -2.42. The van der Waals surface area contributed by atoms with Gasteiger partial charge in [-0.05, 0) is 33.2 Å². The van der Waals surface area contributed by atoms with Crippen LogP contribution in [0.1, 0.15) is 25.6 Å². The van der Waals surface area contributed by atoms with E-state index in [-0.39, 0.29) is 11.9 Å². The normalized spacial score (nSPS) is 33.1. The van der Waals surface area contributed by atoms with Crippen molar-refractivity contribution in [2.45, 2.75) is 63.3 Å². The smallest absolute Gasteiger partial charge is 0.237 e. The van der Waals surface area contributed by atoms with E-state index in [9.17, 15) is 15.0 Å². The minimum Gasteiger partial charge on any atom is -0.388 e. The first-order valence-corrected chi connectivity index (χ1v) is 9.43. The van der Waals surface area contributed by atoms with E-state index >= 15 is 0 Å². The summed E-state index contributed by atoms with van der Waals surface area (Å²) >= 11 is 0. The van der Waals surface area contributed by atoms with Gasteiger partial charge in [0.15, 0.2) is 17.7 Å². The molecule has 4 heterocycles. The number of aromatic nitrogens is 4. The first-order chi connectivity index (χ1) is 13.4. The van der Waals surface area contributed by atoms with Gasteiger partial charge in [0, 0.05) is 0 Å². The number of fused-ring (bicyclic) bond motifs is 1. The van der Waals surface area contributed by atoms with Crippen LogP contribution in [0.25, 0.3) is 11.2 Å². The fourth-order valence-corrected chi connectivity index (χ4v) is 3.75. The molecule has 11 heteroatoms. The van der Waals surface area contributed by atoms with Gasteiger partial charge in [0.05, 0.1) is 18.2 Å². The molecule has 2 fully saturated rings. The summed E-state index contributed by atoms with van der Waals surface area (Å²) in [5.41, 5.74) is 1.07. The summed E-state index contributed by atoms with van der Waals surface area (Å²) in [4.78, 5) is 27.9. The molecule has 152 valence electrons. The van der Waals surface area contributed by atoms with E-state index < -0.39 is 30.6 Å². The van der Waals surface area contributed by atoms with E-state index in [1.807, 2.05) is 0 Å². The monoisotopic (exact) mass is 391 g/mol. The fourth-order valence-electron chi connectivity index (χ4n) is 3.75. The second-order valence-electron chi connectivity index (χ2n) is 7.31. The summed E-state index contributed by atoms with van der Waals surface area (Å²) in [6.45, 7) is 4.34. The maximum absolute atomic E-state index is 12.4. The van der Waals surface area contributed by atoms with E-state index in [0.717, 1.165) is 19.4 Å². The number of ether oxygens (including phenoxy) is 1. The first-order valence-electron chi connectivity index (χ1n) is 9.43. The number of imidazole rings is 1. The van der Waals surface area contributed by atoms with Crippen molar-refractivity contribution in [3.05, 3.63) is 12.2 Å². The van der Waals surface area contributed by atoms with Gasteiger partial charge in [0.25, 0.3) is 0 Å². The number of aliphatic hydroxyl groups excluding tert-OH is 2. The quantitative estimate of drug-likeness (QED) is 0.376. The standard InChI is InChI=1S/C17H25N7O4/c1-7-10(23-16(27)9-4-3-5-18-9)12(25)13(26)17(28-7)24-15-11-14(19-6-20-15)22-8(2)21-11/h6-7,9-10,12-13,17-18,25-26H,3-5H2,1-2H3,(H,23,27)(H2,19,20,21,22,24)/t7-,9+,10-,12+,13-,17-/m0/s1. The molecule has 0 aromatic carbocycles. The van der Waals surface area contributed by atoms with E-state index in [2.05, 4.69) is 35.9 Å². The van der Waals surface area contributed by atoms with Crippen LogP contribution in [-0.4, -0.2) is 79.2 Å². The molecule has 0 bridgehead atoms. The number of anilines is 1. The van der Waals surface area contributed by atoms with Crippen LogP contribution in [0, 0.1) is 6.92 Å². The van der Waals surface area contributed by atoms with Gasteiger partial charge in [-0.2, -0.15) is 0 Å². The molecule has 0 spiro atoms. The highest BCUT2D eigenvalue weighted by atomic mass is 16.5. The summed E-state index contributed by atoms with van der Waals surface area (Å²) < 4.78 is 5.85. The fraction of sp³-hybridized carbons (Fsp3) is 0.647. The molecular formula is C17H25N7O4. The molecule has 11 nitrogen and oxygen atoms in total. The molecule has 0 radical (unpaired) electrons. The van der Waals surface area contributed by atoms with E-state index in [0.29, 0.717) is 22.8 Å². The molecule has 1 amide bonds. The molecule has 4 rings (SSSR count). The van der Waals surface area contributed by atoms with Gasteiger partial charge in [-0.1, -0.05) is 0 Å². The van der Waals surface area contributed by atoms with Crippen LogP contribution < -0.4 is 16.0 Å². The number of aryl methyl sites for hydroxylation is 1. The molecule has 0 unspecified atom stereocenters. The van der Waals surface area contributed by atoms with Gasteiger partial charge >= 0.3 is 0 Å². The number of amides is 1. The van der Waals surface area contributed by atoms with Gasteiger partial charge in [-0.3, -0.25) is 4.79 Å². The molecule has 2 aliphatic rings. The van der Waals surface area contributed by atoms with Crippen molar-refractivity contribution >= 4 is 22.9 Å². The highest BCUT2D eigenvalue weighted by Gasteiger charge is 2.44. The van der Waals surface area contributed by atoms with Gasteiger partial charge in [-0.15, -0.1) is 0 Å². The van der Waals surface area contributed by atoms with Crippen molar-refractivity contribution in [2.75, 3.05) is 11.9 Å². The van der Waals surface area contributed by atoms with E-state index in [1.165, 1.54) is 6.33 Å². The lowest BCUT2D eigenvalue weighted by Crippen LogP contribution is -2.65. The number of rotatable bonds is 4. The molecule has 2 aromatic rings. The second-order valence-corrected chi connectivity index (χ2v) is 7.31. The summed E-state index contributed by atoms with van der Waals surface area (Å²) in [7, 11) is 0. The Morgan fingerprint density at radius 1 is 1.32 bits per heavy atom. The highest BCUT2D eigenvalue weighted by Crippen LogP contribution is 2.25. The van der Waals surface area contributed by atoms with Gasteiger partial charge in [0.1, 0.15) is 29.9 Å². The number of hydrogen-bond acceptors (Lipinski definition) is 9. The third-order valence-corrected chi connectivity index (χ3v) is 5.27. The number of nitrogens with one attached hydrogen (secondary N) is 4. The zero-order chi connectivity index (χ0) is 19.8. The number of carbonyl (C=O) groups is 1. The first kappa shape index (κ1) is 19.0. The van der Waals surface area contributed by atoms with E-state index in [4.69, 9.17) is 4.74 Å².